The summed E-state index contributed by atoms with van der Waals surface area (Å²) in [7, 11) is 0. The zero-order chi connectivity index (χ0) is 15.0. The first kappa shape index (κ1) is 16.0. The van der Waals surface area contributed by atoms with Gasteiger partial charge in [0.05, 0.1) is 13.0 Å². The van der Waals surface area contributed by atoms with Crippen LogP contribution >= 0.6 is 0 Å². The molecule has 110 valence electrons. The summed E-state index contributed by atoms with van der Waals surface area (Å²) in [5.41, 5.74) is 0.523. The largest absolute Gasteiger partial charge is 0.494 e. The normalized spacial score (nSPS) is 10.1. The smallest absolute Gasteiger partial charge is 0.305 e. The van der Waals surface area contributed by atoms with Gasteiger partial charge in [-0.2, -0.15) is 0 Å². The van der Waals surface area contributed by atoms with E-state index >= 15 is 0 Å². The monoisotopic (exact) mass is 279 g/mol. The number of hydrogen-bond donors (Lipinski definition) is 1. The van der Waals surface area contributed by atoms with E-state index in [2.05, 4.69) is 0 Å². The van der Waals surface area contributed by atoms with Crippen LogP contribution in [0, 0.1) is 0 Å². The van der Waals surface area contributed by atoms with Crippen molar-refractivity contribution in [2.24, 2.45) is 0 Å². The topological polar surface area (TPSA) is 66.8 Å². The molecule has 1 rings (SSSR count). The molecular weight excluding hydrogens is 258 g/mol. The molecule has 0 heterocycles. The molecule has 0 radical (unpaired) electrons. The highest BCUT2D eigenvalue weighted by Gasteiger charge is 2.16. The fourth-order valence-electron chi connectivity index (χ4n) is 1.88. The van der Waals surface area contributed by atoms with Gasteiger partial charge in [-0.3, -0.25) is 9.59 Å². The fourth-order valence-corrected chi connectivity index (χ4v) is 1.88. The summed E-state index contributed by atoms with van der Waals surface area (Å²) >= 11 is 0. The van der Waals surface area contributed by atoms with Crippen molar-refractivity contribution >= 4 is 11.9 Å². The molecule has 0 aromatic heterocycles. The molecule has 0 fully saturated rings. The lowest BCUT2D eigenvalue weighted by Gasteiger charge is -2.21. The predicted octanol–water partition coefficient (Wildman–Crippen LogP) is 2.41. The summed E-state index contributed by atoms with van der Waals surface area (Å²) in [6.45, 7) is 5.14. The van der Waals surface area contributed by atoms with Crippen LogP contribution in [0.15, 0.2) is 24.3 Å². The van der Waals surface area contributed by atoms with Gasteiger partial charge >= 0.3 is 5.97 Å². The van der Waals surface area contributed by atoms with Crippen LogP contribution in [0.5, 0.6) is 5.75 Å². The molecule has 0 aliphatic rings. The molecule has 1 aromatic carbocycles. The number of hydrogen-bond acceptors (Lipinski definition) is 3. The average molecular weight is 279 g/mol. The van der Waals surface area contributed by atoms with Gasteiger partial charge in [-0.05, 0) is 31.5 Å². The van der Waals surface area contributed by atoms with Gasteiger partial charge in [0.15, 0.2) is 0 Å². The van der Waals surface area contributed by atoms with Crippen LogP contribution in [-0.4, -0.2) is 41.6 Å². The van der Waals surface area contributed by atoms with Crippen molar-refractivity contribution in [2.45, 2.75) is 26.7 Å². The van der Waals surface area contributed by atoms with Gasteiger partial charge in [0.2, 0.25) is 0 Å². The summed E-state index contributed by atoms with van der Waals surface area (Å²) in [5, 5.41) is 8.74. The van der Waals surface area contributed by atoms with Crippen molar-refractivity contribution < 1.29 is 19.4 Å². The summed E-state index contributed by atoms with van der Waals surface area (Å²) in [6, 6.07) is 6.96. The molecule has 0 aliphatic heterocycles. The molecule has 0 bridgehead atoms. The van der Waals surface area contributed by atoms with Crippen molar-refractivity contribution in [3.63, 3.8) is 0 Å². The maximum atomic E-state index is 12.4. The second-order valence-corrected chi connectivity index (χ2v) is 4.40. The van der Waals surface area contributed by atoms with Gasteiger partial charge in [0, 0.05) is 18.7 Å². The number of carbonyl (C=O) groups excluding carboxylic acids is 1. The maximum Gasteiger partial charge on any atom is 0.305 e. The fraction of sp³-hybridized carbons (Fsp3) is 0.467. The third-order valence-corrected chi connectivity index (χ3v) is 2.77. The number of amides is 1. The molecule has 5 heteroatoms. The van der Waals surface area contributed by atoms with E-state index in [0.29, 0.717) is 24.5 Å². The zero-order valence-electron chi connectivity index (χ0n) is 12.0. The highest BCUT2D eigenvalue weighted by molar-refractivity contribution is 5.94. The van der Waals surface area contributed by atoms with Crippen LogP contribution < -0.4 is 4.74 Å². The summed E-state index contributed by atoms with van der Waals surface area (Å²) < 4.78 is 5.37. The van der Waals surface area contributed by atoms with Crippen LogP contribution in [0.4, 0.5) is 0 Å². The summed E-state index contributed by atoms with van der Waals surface area (Å²) in [4.78, 5) is 24.6. The van der Waals surface area contributed by atoms with Crippen LogP contribution in [0.25, 0.3) is 0 Å². The molecular formula is C15H21NO4. The summed E-state index contributed by atoms with van der Waals surface area (Å²) in [5.74, 6) is -0.412. The molecule has 1 N–H and O–H groups in total. The number of nitrogens with zero attached hydrogens (tertiary/aromatic N) is 1. The number of carboxylic acid groups (broad SMARTS) is 1. The number of aliphatic carboxylic acids is 1. The van der Waals surface area contributed by atoms with Crippen molar-refractivity contribution in [2.75, 3.05) is 19.7 Å². The van der Waals surface area contributed by atoms with E-state index in [9.17, 15) is 9.59 Å². The second kappa shape index (κ2) is 8.19. The van der Waals surface area contributed by atoms with Crippen LogP contribution in [0.1, 0.15) is 37.0 Å². The molecule has 0 spiro atoms. The van der Waals surface area contributed by atoms with Gasteiger partial charge in [0.25, 0.3) is 5.91 Å². The Morgan fingerprint density at radius 2 is 2.00 bits per heavy atom. The second-order valence-electron chi connectivity index (χ2n) is 4.40. The van der Waals surface area contributed by atoms with Crippen LogP contribution in [-0.2, 0) is 4.79 Å². The lowest BCUT2D eigenvalue weighted by atomic mass is 10.1. The Kier molecular flexibility index (Phi) is 6.56. The van der Waals surface area contributed by atoms with E-state index in [1.165, 1.54) is 0 Å². The number of carbonyl (C=O) groups is 2. The highest BCUT2D eigenvalue weighted by Crippen LogP contribution is 2.15. The number of carboxylic acids is 1. The predicted molar refractivity (Wildman–Crippen MR) is 76.1 cm³/mol. The number of benzene rings is 1. The first-order valence-electron chi connectivity index (χ1n) is 6.82. The SMILES string of the molecule is CCCN(CCC(=O)O)C(=O)c1cccc(OCC)c1. The van der Waals surface area contributed by atoms with E-state index in [1.54, 1.807) is 29.2 Å². The molecule has 0 saturated carbocycles. The van der Waals surface area contributed by atoms with Crippen molar-refractivity contribution in [1.29, 1.82) is 0 Å². The standard InChI is InChI=1S/C15H21NO4/c1-3-9-16(10-8-14(17)18)15(19)12-6-5-7-13(11-12)20-4-2/h5-7,11H,3-4,8-10H2,1-2H3,(H,17,18). The molecule has 5 nitrogen and oxygen atoms in total. The van der Waals surface area contributed by atoms with Crippen molar-refractivity contribution in [3.05, 3.63) is 29.8 Å². The minimum atomic E-state index is -0.901. The average Bonchev–Trinajstić information content (AvgIpc) is 2.43. The lowest BCUT2D eigenvalue weighted by molar-refractivity contribution is -0.137. The third kappa shape index (κ3) is 4.91. The number of rotatable bonds is 8. The number of ether oxygens (including phenoxy) is 1. The Labute approximate surface area is 119 Å². The highest BCUT2D eigenvalue weighted by atomic mass is 16.5. The minimum Gasteiger partial charge on any atom is -0.494 e. The Hall–Kier alpha value is -2.04. The van der Waals surface area contributed by atoms with Gasteiger partial charge < -0.3 is 14.7 Å². The van der Waals surface area contributed by atoms with Gasteiger partial charge in [0.1, 0.15) is 5.75 Å². The molecule has 0 aliphatic carbocycles. The lowest BCUT2D eigenvalue weighted by Crippen LogP contribution is -2.33. The van der Waals surface area contributed by atoms with Crippen LogP contribution in [0.2, 0.25) is 0 Å². The quantitative estimate of drug-likeness (QED) is 0.793. The van der Waals surface area contributed by atoms with Gasteiger partial charge in [-0.15, -0.1) is 0 Å². The molecule has 1 aromatic rings. The summed E-state index contributed by atoms with van der Waals surface area (Å²) in [6.07, 6.45) is 0.743. The van der Waals surface area contributed by atoms with Crippen molar-refractivity contribution in [3.8, 4) is 5.75 Å². The molecule has 1 amide bonds. The molecule has 0 unspecified atom stereocenters. The Bertz CT molecular complexity index is 459. The van der Waals surface area contributed by atoms with E-state index < -0.39 is 5.97 Å². The maximum absolute atomic E-state index is 12.4. The Morgan fingerprint density at radius 3 is 2.60 bits per heavy atom. The third-order valence-electron chi connectivity index (χ3n) is 2.77. The van der Waals surface area contributed by atoms with E-state index in [1.807, 2.05) is 13.8 Å². The van der Waals surface area contributed by atoms with E-state index in [0.717, 1.165) is 6.42 Å². The zero-order valence-corrected chi connectivity index (χ0v) is 12.0. The van der Waals surface area contributed by atoms with E-state index in [4.69, 9.17) is 9.84 Å². The van der Waals surface area contributed by atoms with Crippen molar-refractivity contribution in [1.82, 2.24) is 4.90 Å². The first-order chi connectivity index (χ1) is 9.58. The van der Waals surface area contributed by atoms with Gasteiger partial charge in [-0.25, -0.2) is 0 Å². The molecule has 20 heavy (non-hydrogen) atoms. The van der Waals surface area contributed by atoms with Gasteiger partial charge in [-0.1, -0.05) is 13.0 Å². The molecule has 0 saturated heterocycles. The molecule has 0 atom stereocenters. The first-order valence-corrected chi connectivity index (χ1v) is 6.82. The minimum absolute atomic E-state index is 0.0448. The Morgan fingerprint density at radius 1 is 1.25 bits per heavy atom. The van der Waals surface area contributed by atoms with Crippen LogP contribution in [0.3, 0.4) is 0 Å². The Balaban J connectivity index is 2.82. The van der Waals surface area contributed by atoms with E-state index in [-0.39, 0.29) is 18.9 Å².